The summed E-state index contributed by atoms with van der Waals surface area (Å²) in [5, 5.41) is 6.43. The van der Waals surface area contributed by atoms with Crippen LogP contribution in [0, 0.1) is 6.92 Å². The molecule has 0 aliphatic carbocycles. The number of hydrogen-bond donors (Lipinski definition) is 2. The van der Waals surface area contributed by atoms with Crippen molar-refractivity contribution in [1.82, 2.24) is 9.97 Å². The molecule has 2 rings (SSSR count). The van der Waals surface area contributed by atoms with Crippen LogP contribution in [0.3, 0.4) is 0 Å². The molecule has 0 saturated heterocycles. The van der Waals surface area contributed by atoms with Gasteiger partial charge in [0.2, 0.25) is 5.95 Å². The lowest BCUT2D eigenvalue weighted by Gasteiger charge is -2.09. The van der Waals surface area contributed by atoms with Gasteiger partial charge in [0.1, 0.15) is 11.6 Å². The van der Waals surface area contributed by atoms with E-state index in [4.69, 9.17) is 4.74 Å². The minimum atomic E-state index is 0.639. The van der Waals surface area contributed by atoms with Crippen molar-refractivity contribution in [2.45, 2.75) is 13.3 Å². The Kier molecular flexibility index (Phi) is 5.77. The molecule has 0 unspecified atom stereocenters. The summed E-state index contributed by atoms with van der Waals surface area (Å²) < 4.78 is 5.15. The molecule has 1 heterocycles. The molecule has 5 nitrogen and oxygen atoms in total. The SMILES string of the molecule is C=CCNc1cc(C)nc(NCCc2ccc(OC)cc2)n1. The number of nitrogens with one attached hydrogen (secondary N) is 2. The average Bonchev–Trinajstić information content (AvgIpc) is 2.53. The lowest BCUT2D eigenvalue weighted by Crippen LogP contribution is -2.10. The molecule has 0 radical (unpaired) electrons. The van der Waals surface area contributed by atoms with Gasteiger partial charge in [0.05, 0.1) is 7.11 Å². The Morgan fingerprint density at radius 2 is 1.95 bits per heavy atom. The van der Waals surface area contributed by atoms with E-state index in [0.29, 0.717) is 12.5 Å². The molecule has 0 aliphatic rings. The van der Waals surface area contributed by atoms with Crippen molar-refractivity contribution in [3.63, 3.8) is 0 Å². The monoisotopic (exact) mass is 298 g/mol. The van der Waals surface area contributed by atoms with Gasteiger partial charge in [0.15, 0.2) is 0 Å². The Morgan fingerprint density at radius 1 is 1.18 bits per heavy atom. The maximum absolute atomic E-state index is 5.15. The second-order valence-corrected chi connectivity index (χ2v) is 4.91. The molecule has 0 bridgehead atoms. The maximum Gasteiger partial charge on any atom is 0.224 e. The Labute approximate surface area is 131 Å². The molecule has 1 aromatic carbocycles. The fourth-order valence-corrected chi connectivity index (χ4v) is 2.03. The summed E-state index contributed by atoms with van der Waals surface area (Å²) in [4.78, 5) is 8.82. The molecule has 0 amide bonds. The van der Waals surface area contributed by atoms with Crippen LogP contribution in [0.5, 0.6) is 5.75 Å². The minimum absolute atomic E-state index is 0.639. The van der Waals surface area contributed by atoms with Gasteiger partial charge in [-0.2, -0.15) is 4.98 Å². The number of benzene rings is 1. The zero-order valence-corrected chi connectivity index (χ0v) is 13.1. The van der Waals surface area contributed by atoms with E-state index in [0.717, 1.165) is 30.2 Å². The highest BCUT2D eigenvalue weighted by Gasteiger charge is 2.01. The van der Waals surface area contributed by atoms with E-state index in [1.165, 1.54) is 5.56 Å². The summed E-state index contributed by atoms with van der Waals surface area (Å²) in [6.07, 6.45) is 2.70. The van der Waals surface area contributed by atoms with Gasteiger partial charge in [-0.25, -0.2) is 4.98 Å². The van der Waals surface area contributed by atoms with Crippen LogP contribution in [0.1, 0.15) is 11.3 Å². The molecular formula is C17H22N4O. The van der Waals surface area contributed by atoms with Gasteiger partial charge in [0.25, 0.3) is 0 Å². The first-order chi connectivity index (χ1) is 10.7. The van der Waals surface area contributed by atoms with Crippen LogP contribution in [0.2, 0.25) is 0 Å². The van der Waals surface area contributed by atoms with E-state index in [2.05, 4.69) is 39.3 Å². The molecule has 0 spiro atoms. The van der Waals surface area contributed by atoms with Crippen LogP contribution in [0.4, 0.5) is 11.8 Å². The summed E-state index contributed by atoms with van der Waals surface area (Å²) in [6.45, 7) is 7.10. The van der Waals surface area contributed by atoms with Crippen molar-refractivity contribution in [3.05, 3.63) is 54.2 Å². The summed E-state index contributed by atoms with van der Waals surface area (Å²) in [7, 11) is 1.67. The van der Waals surface area contributed by atoms with Gasteiger partial charge in [-0.3, -0.25) is 0 Å². The second-order valence-electron chi connectivity index (χ2n) is 4.91. The smallest absolute Gasteiger partial charge is 0.224 e. The van der Waals surface area contributed by atoms with Crippen LogP contribution in [0.25, 0.3) is 0 Å². The Balaban J connectivity index is 1.90. The predicted molar refractivity (Wildman–Crippen MR) is 90.6 cm³/mol. The van der Waals surface area contributed by atoms with Gasteiger partial charge < -0.3 is 15.4 Å². The van der Waals surface area contributed by atoms with Gasteiger partial charge in [-0.05, 0) is 31.0 Å². The Bertz CT molecular complexity index is 611. The number of aryl methyl sites for hydroxylation is 1. The summed E-state index contributed by atoms with van der Waals surface area (Å²) in [6, 6.07) is 9.98. The largest absolute Gasteiger partial charge is 0.497 e. The first-order valence-electron chi connectivity index (χ1n) is 7.28. The van der Waals surface area contributed by atoms with E-state index in [1.807, 2.05) is 25.1 Å². The van der Waals surface area contributed by atoms with E-state index in [-0.39, 0.29) is 0 Å². The van der Waals surface area contributed by atoms with Crippen LogP contribution in [-0.2, 0) is 6.42 Å². The molecule has 2 N–H and O–H groups in total. The third-order valence-electron chi connectivity index (χ3n) is 3.14. The van der Waals surface area contributed by atoms with Crippen molar-refractivity contribution in [2.24, 2.45) is 0 Å². The highest BCUT2D eigenvalue weighted by molar-refractivity contribution is 5.42. The summed E-state index contributed by atoms with van der Waals surface area (Å²) in [5.74, 6) is 2.32. The number of anilines is 2. The van der Waals surface area contributed by atoms with Crippen molar-refractivity contribution < 1.29 is 4.74 Å². The summed E-state index contributed by atoms with van der Waals surface area (Å²) in [5.41, 5.74) is 2.17. The number of hydrogen-bond acceptors (Lipinski definition) is 5. The first kappa shape index (κ1) is 15.8. The zero-order valence-electron chi connectivity index (χ0n) is 13.1. The quantitative estimate of drug-likeness (QED) is 0.734. The average molecular weight is 298 g/mol. The lowest BCUT2D eigenvalue weighted by atomic mass is 10.1. The standard InChI is InChI=1S/C17H22N4O/c1-4-10-18-16-12-13(2)20-17(21-16)19-11-9-14-5-7-15(22-3)8-6-14/h4-8,12H,1,9-11H2,2-3H3,(H2,18,19,20,21). The van der Waals surface area contributed by atoms with Crippen molar-refractivity contribution in [2.75, 3.05) is 30.8 Å². The molecule has 5 heteroatoms. The van der Waals surface area contributed by atoms with Gasteiger partial charge in [-0.15, -0.1) is 6.58 Å². The van der Waals surface area contributed by atoms with E-state index in [9.17, 15) is 0 Å². The number of methoxy groups -OCH3 is 1. The molecular weight excluding hydrogens is 276 g/mol. The Morgan fingerprint density at radius 3 is 2.64 bits per heavy atom. The number of nitrogens with zero attached hydrogens (tertiary/aromatic N) is 2. The van der Waals surface area contributed by atoms with Crippen LogP contribution in [-0.4, -0.2) is 30.2 Å². The fraction of sp³-hybridized carbons (Fsp3) is 0.294. The molecule has 116 valence electrons. The predicted octanol–water partition coefficient (Wildman–Crippen LogP) is 3.05. The number of ether oxygens (including phenoxy) is 1. The molecule has 0 saturated carbocycles. The van der Waals surface area contributed by atoms with Crippen LogP contribution in [0.15, 0.2) is 43.0 Å². The Hall–Kier alpha value is -2.56. The molecule has 2 aromatic rings. The third kappa shape index (κ3) is 4.77. The summed E-state index contributed by atoms with van der Waals surface area (Å²) >= 11 is 0. The molecule has 0 fully saturated rings. The topological polar surface area (TPSA) is 59.1 Å². The molecule has 0 atom stereocenters. The highest BCUT2D eigenvalue weighted by Crippen LogP contribution is 2.12. The number of aromatic nitrogens is 2. The highest BCUT2D eigenvalue weighted by atomic mass is 16.5. The zero-order chi connectivity index (χ0) is 15.8. The molecule has 22 heavy (non-hydrogen) atoms. The second kappa shape index (κ2) is 8.02. The van der Waals surface area contributed by atoms with E-state index >= 15 is 0 Å². The van der Waals surface area contributed by atoms with Gasteiger partial charge in [0, 0.05) is 24.8 Å². The maximum atomic E-state index is 5.15. The first-order valence-corrected chi connectivity index (χ1v) is 7.28. The van der Waals surface area contributed by atoms with Gasteiger partial charge in [-0.1, -0.05) is 18.2 Å². The van der Waals surface area contributed by atoms with E-state index in [1.54, 1.807) is 13.2 Å². The lowest BCUT2D eigenvalue weighted by molar-refractivity contribution is 0.414. The van der Waals surface area contributed by atoms with Crippen molar-refractivity contribution in [3.8, 4) is 5.75 Å². The molecule has 1 aromatic heterocycles. The van der Waals surface area contributed by atoms with Crippen LogP contribution >= 0.6 is 0 Å². The fourth-order valence-electron chi connectivity index (χ4n) is 2.03. The molecule has 0 aliphatic heterocycles. The van der Waals surface area contributed by atoms with Crippen LogP contribution < -0.4 is 15.4 Å². The third-order valence-corrected chi connectivity index (χ3v) is 3.14. The number of rotatable bonds is 8. The van der Waals surface area contributed by atoms with Crippen molar-refractivity contribution in [1.29, 1.82) is 0 Å². The normalized spacial score (nSPS) is 10.1. The minimum Gasteiger partial charge on any atom is -0.497 e. The van der Waals surface area contributed by atoms with Crippen molar-refractivity contribution >= 4 is 11.8 Å². The van der Waals surface area contributed by atoms with E-state index < -0.39 is 0 Å². The van der Waals surface area contributed by atoms with Gasteiger partial charge >= 0.3 is 0 Å².